The fourth-order valence-corrected chi connectivity index (χ4v) is 6.12. The molecule has 1 aromatic heterocycles. The third-order valence-electron chi connectivity index (χ3n) is 6.67. The minimum absolute atomic E-state index is 0.125. The third-order valence-corrected chi connectivity index (χ3v) is 7.81. The third kappa shape index (κ3) is 5.07. The van der Waals surface area contributed by atoms with Crippen molar-refractivity contribution in [2.45, 2.75) is 43.9 Å². The number of aliphatic hydroxyl groups excluding tert-OH is 2. The van der Waals surface area contributed by atoms with Gasteiger partial charge in [-0.3, -0.25) is 4.79 Å². The van der Waals surface area contributed by atoms with Gasteiger partial charge in [-0.15, -0.1) is 11.3 Å². The lowest BCUT2D eigenvalue weighted by Crippen LogP contribution is -2.39. The number of rotatable bonds is 8. The number of carbonyl (C=O) groups is 1. The molecule has 4 nitrogen and oxygen atoms in total. The minimum Gasteiger partial charge on any atom is -0.393 e. The molecule has 0 saturated heterocycles. The number of carbonyl (C=O) groups excluding carboxylic acids is 1. The molecular weight excluding hydrogens is 442 g/mol. The smallest absolute Gasteiger partial charge is 0.224 e. The molecule has 4 aromatic rings. The Morgan fingerprint density at radius 1 is 0.971 bits per heavy atom. The predicted molar refractivity (Wildman–Crippen MR) is 137 cm³/mol. The Morgan fingerprint density at radius 3 is 2.53 bits per heavy atom. The van der Waals surface area contributed by atoms with Crippen LogP contribution >= 0.6 is 11.3 Å². The molecule has 1 amide bonds. The van der Waals surface area contributed by atoms with Crippen molar-refractivity contribution >= 4 is 27.3 Å². The molecule has 0 radical (unpaired) electrons. The Balaban J connectivity index is 1.32. The topological polar surface area (TPSA) is 69.6 Å². The molecule has 0 saturated carbocycles. The maximum absolute atomic E-state index is 13.5. The summed E-state index contributed by atoms with van der Waals surface area (Å²) in [6.07, 6.45) is 0.696. The van der Waals surface area contributed by atoms with Crippen molar-refractivity contribution < 1.29 is 15.0 Å². The van der Waals surface area contributed by atoms with Crippen molar-refractivity contribution in [1.29, 1.82) is 0 Å². The average molecular weight is 472 g/mol. The lowest BCUT2D eigenvalue weighted by Gasteiger charge is -2.24. The van der Waals surface area contributed by atoms with Crippen LogP contribution in [0.2, 0.25) is 0 Å². The van der Waals surface area contributed by atoms with Crippen LogP contribution in [0.3, 0.4) is 0 Å². The summed E-state index contributed by atoms with van der Waals surface area (Å²) in [4.78, 5) is 14.6. The van der Waals surface area contributed by atoms with Gasteiger partial charge in [0.15, 0.2) is 0 Å². The van der Waals surface area contributed by atoms with Crippen LogP contribution in [-0.2, 0) is 24.1 Å². The number of benzene rings is 3. The van der Waals surface area contributed by atoms with Crippen LogP contribution in [0.1, 0.15) is 34.0 Å². The van der Waals surface area contributed by atoms with Crippen LogP contribution in [-0.4, -0.2) is 28.3 Å². The molecule has 3 aromatic carbocycles. The number of nitrogens with one attached hydrogen (secondary N) is 1. The van der Waals surface area contributed by atoms with E-state index in [2.05, 4.69) is 23.5 Å². The molecule has 0 fully saturated rings. The van der Waals surface area contributed by atoms with Gasteiger partial charge in [0.1, 0.15) is 0 Å². The number of thiophene rings is 1. The van der Waals surface area contributed by atoms with Gasteiger partial charge in [0, 0.05) is 28.3 Å². The molecule has 1 heterocycles. The predicted octanol–water partition coefficient (Wildman–Crippen LogP) is 4.83. The van der Waals surface area contributed by atoms with E-state index >= 15 is 0 Å². The van der Waals surface area contributed by atoms with Crippen molar-refractivity contribution in [3.63, 3.8) is 0 Å². The summed E-state index contributed by atoms with van der Waals surface area (Å²) in [7, 11) is 0. The van der Waals surface area contributed by atoms with Crippen molar-refractivity contribution in [2.24, 2.45) is 5.92 Å². The Bertz CT molecular complexity index is 1240. The van der Waals surface area contributed by atoms with Gasteiger partial charge in [-0.1, -0.05) is 72.8 Å². The van der Waals surface area contributed by atoms with Crippen molar-refractivity contribution in [2.75, 3.05) is 0 Å². The highest BCUT2D eigenvalue weighted by Gasteiger charge is 2.34. The Labute approximate surface area is 203 Å². The molecule has 0 aliphatic heterocycles. The van der Waals surface area contributed by atoms with Crippen molar-refractivity contribution in [3.8, 4) is 0 Å². The maximum Gasteiger partial charge on any atom is 0.224 e. The molecule has 0 bridgehead atoms. The standard InChI is InChI=1S/C29H29NO3S/c31-23(18-24-16-21-11-5-7-13-27(21)34-24)15-22(14-19-8-2-1-3-9-19)29(33)30-28-25-12-6-4-10-20(25)17-26(28)32/h1-13,16,22-23,26,28,31-32H,14-15,17-18H2,(H,30,33)/t22-,23+,26-,28+/m1/s1. The first kappa shape index (κ1) is 22.8. The summed E-state index contributed by atoms with van der Waals surface area (Å²) in [5.74, 6) is -0.522. The van der Waals surface area contributed by atoms with Crippen LogP contribution < -0.4 is 5.32 Å². The first-order valence-corrected chi connectivity index (χ1v) is 12.6. The molecule has 0 unspecified atom stereocenters. The highest BCUT2D eigenvalue weighted by Crippen LogP contribution is 2.32. The maximum atomic E-state index is 13.5. The molecular formula is C29H29NO3S. The summed E-state index contributed by atoms with van der Waals surface area (Å²) < 4.78 is 1.21. The quantitative estimate of drug-likeness (QED) is 0.345. The lowest BCUT2D eigenvalue weighted by atomic mass is 9.91. The van der Waals surface area contributed by atoms with Gasteiger partial charge < -0.3 is 15.5 Å². The van der Waals surface area contributed by atoms with E-state index in [9.17, 15) is 15.0 Å². The Morgan fingerprint density at radius 2 is 1.71 bits per heavy atom. The van der Waals surface area contributed by atoms with Crippen LogP contribution in [0.25, 0.3) is 10.1 Å². The van der Waals surface area contributed by atoms with E-state index in [1.807, 2.05) is 66.7 Å². The average Bonchev–Trinajstić information content (AvgIpc) is 3.39. The number of hydrogen-bond acceptors (Lipinski definition) is 4. The molecule has 1 aliphatic carbocycles. The van der Waals surface area contributed by atoms with Gasteiger partial charge in [0.2, 0.25) is 5.91 Å². The van der Waals surface area contributed by atoms with E-state index in [4.69, 9.17) is 0 Å². The normalized spacial score (nSPS) is 19.0. The second-order valence-corrected chi connectivity index (χ2v) is 10.4. The molecule has 1 aliphatic rings. The van der Waals surface area contributed by atoms with E-state index < -0.39 is 24.2 Å². The highest BCUT2D eigenvalue weighted by atomic mass is 32.1. The summed E-state index contributed by atoms with van der Waals surface area (Å²) in [5, 5.41) is 25.9. The SMILES string of the molecule is O=C(N[C@H]1c2ccccc2C[C@H]1O)[C@H](Cc1ccccc1)C[C@H](O)Cc1cc2ccccc2s1. The summed E-state index contributed by atoms with van der Waals surface area (Å²) in [6, 6.07) is 27.7. The second-order valence-electron chi connectivity index (χ2n) is 9.19. The fraction of sp³-hybridized carbons (Fsp3) is 0.276. The summed E-state index contributed by atoms with van der Waals surface area (Å²) in [6.45, 7) is 0. The van der Waals surface area contributed by atoms with E-state index in [-0.39, 0.29) is 5.91 Å². The van der Waals surface area contributed by atoms with E-state index in [1.165, 1.54) is 10.1 Å². The fourth-order valence-electron chi connectivity index (χ4n) is 4.98. The number of fused-ring (bicyclic) bond motifs is 2. The largest absolute Gasteiger partial charge is 0.393 e. The first-order valence-electron chi connectivity index (χ1n) is 11.8. The second kappa shape index (κ2) is 10.1. The van der Waals surface area contributed by atoms with E-state index in [1.54, 1.807) is 11.3 Å². The zero-order valence-corrected chi connectivity index (χ0v) is 19.7. The Kier molecular flexibility index (Phi) is 6.77. The molecule has 0 spiro atoms. The molecule has 4 atom stereocenters. The first-order chi connectivity index (χ1) is 16.6. The molecule has 174 valence electrons. The van der Waals surface area contributed by atoms with Gasteiger partial charge in [-0.05, 0) is 47.1 Å². The minimum atomic E-state index is -0.637. The number of hydrogen-bond donors (Lipinski definition) is 3. The van der Waals surface area contributed by atoms with Gasteiger partial charge in [-0.2, -0.15) is 0 Å². The molecule has 5 heteroatoms. The van der Waals surface area contributed by atoms with Crippen LogP contribution in [0, 0.1) is 5.92 Å². The zero-order valence-electron chi connectivity index (χ0n) is 18.9. The van der Waals surface area contributed by atoms with Gasteiger partial charge in [0.25, 0.3) is 0 Å². The summed E-state index contributed by atoms with van der Waals surface area (Å²) >= 11 is 1.69. The van der Waals surface area contributed by atoms with Gasteiger partial charge in [0.05, 0.1) is 18.2 Å². The van der Waals surface area contributed by atoms with E-state index in [0.29, 0.717) is 25.7 Å². The molecule has 3 N–H and O–H groups in total. The zero-order chi connectivity index (χ0) is 23.5. The van der Waals surface area contributed by atoms with E-state index in [0.717, 1.165) is 21.6 Å². The van der Waals surface area contributed by atoms with Gasteiger partial charge >= 0.3 is 0 Å². The van der Waals surface area contributed by atoms with Crippen LogP contribution in [0.4, 0.5) is 0 Å². The Hall–Kier alpha value is -2.99. The molecule has 5 rings (SSSR count). The van der Waals surface area contributed by atoms with Crippen molar-refractivity contribution in [3.05, 3.63) is 106 Å². The highest BCUT2D eigenvalue weighted by molar-refractivity contribution is 7.19. The van der Waals surface area contributed by atoms with Crippen molar-refractivity contribution in [1.82, 2.24) is 5.32 Å². The summed E-state index contributed by atoms with van der Waals surface area (Å²) in [5.41, 5.74) is 3.11. The van der Waals surface area contributed by atoms with Gasteiger partial charge in [-0.25, -0.2) is 0 Å². The number of amides is 1. The van der Waals surface area contributed by atoms with Crippen LogP contribution in [0.5, 0.6) is 0 Å². The van der Waals surface area contributed by atoms with Crippen LogP contribution in [0.15, 0.2) is 84.9 Å². The monoisotopic (exact) mass is 471 g/mol. The molecule has 34 heavy (non-hydrogen) atoms. The lowest BCUT2D eigenvalue weighted by molar-refractivity contribution is -0.127. The number of aliphatic hydroxyl groups is 2.